The second-order valence-electron chi connectivity index (χ2n) is 3.20. The summed E-state index contributed by atoms with van der Waals surface area (Å²) in [6, 6.07) is 1.90. The highest BCUT2D eigenvalue weighted by Gasteiger charge is 2.36. The third-order valence-electron chi connectivity index (χ3n) is 2.00. The van der Waals surface area contributed by atoms with Gasteiger partial charge in [0, 0.05) is 5.69 Å². The van der Waals surface area contributed by atoms with Crippen molar-refractivity contribution in [2.75, 3.05) is 12.8 Å². The second-order valence-corrected chi connectivity index (χ2v) is 3.20. The van der Waals surface area contributed by atoms with Gasteiger partial charge in [0.15, 0.2) is 5.78 Å². The third-order valence-corrected chi connectivity index (χ3v) is 2.00. The first-order valence-corrected chi connectivity index (χ1v) is 4.33. The summed E-state index contributed by atoms with van der Waals surface area (Å²) < 4.78 is 42.5. The molecule has 0 radical (unpaired) electrons. The number of ketones is 1. The molecule has 0 aliphatic rings. The molecule has 88 valence electrons. The molecule has 0 saturated heterocycles. The minimum atomic E-state index is -4.61. The predicted octanol–water partition coefficient (Wildman–Crippen LogP) is 2.50. The Labute approximate surface area is 90.0 Å². The fourth-order valence-electron chi connectivity index (χ4n) is 1.34. The van der Waals surface area contributed by atoms with Crippen LogP contribution in [0.2, 0.25) is 0 Å². The largest absolute Gasteiger partial charge is 0.495 e. The lowest BCUT2D eigenvalue weighted by Gasteiger charge is -2.15. The van der Waals surface area contributed by atoms with Crippen molar-refractivity contribution in [3.05, 3.63) is 23.3 Å². The minimum absolute atomic E-state index is 0.127. The molecule has 0 aromatic heterocycles. The molecular weight excluding hydrogens is 223 g/mol. The van der Waals surface area contributed by atoms with Crippen LogP contribution in [0.5, 0.6) is 5.75 Å². The van der Waals surface area contributed by atoms with Gasteiger partial charge < -0.3 is 10.5 Å². The summed E-state index contributed by atoms with van der Waals surface area (Å²) in [5.41, 5.74) is 3.97. The Bertz CT molecular complexity index is 427. The summed E-state index contributed by atoms with van der Waals surface area (Å²) in [7, 11) is 1.08. The van der Waals surface area contributed by atoms with E-state index in [4.69, 9.17) is 5.73 Å². The van der Waals surface area contributed by atoms with Crippen LogP contribution in [0.3, 0.4) is 0 Å². The topological polar surface area (TPSA) is 52.3 Å². The van der Waals surface area contributed by atoms with Gasteiger partial charge in [0.2, 0.25) is 0 Å². The SMILES string of the molecule is COc1c(C(C)=O)cc(N)cc1C(F)(F)F. The number of hydrogen-bond donors (Lipinski definition) is 1. The molecule has 0 atom stereocenters. The van der Waals surface area contributed by atoms with Crippen molar-refractivity contribution in [2.24, 2.45) is 0 Å². The van der Waals surface area contributed by atoms with Crippen molar-refractivity contribution in [1.82, 2.24) is 0 Å². The molecule has 1 aromatic carbocycles. The van der Waals surface area contributed by atoms with Crippen LogP contribution < -0.4 is 10.5 Å². The first kappa shape index (κ1) is 12.4. The van der Waals surface area contributed by atoms with Gasteiger partial charge >= 0.3 is 6.18 Å². The van der Waals surface area contributed by atoms with Gasteiger partial charge in [-0.25, -0.2) is 0 Å². The van der Waals surface area contributed by atoms with Crippen molar-refractivity contribution >= 4 is 11.5 Å². The summed E-state index contributed by atoms with van der Waals surface area (Å²) in [6.07, 6.45) is -4.61. The monoisotopic (exact) mass is 233 g/mol. The quantitative estimate of drug-likeness (QED) is 0.630. The highest BCUT2D eigenvalue weighted by Crippen LogP contribution is 2.39. The maximum absolute atomic E-state index is 12.6. The first-order valence-electron chi connectivity index (χ1n) is 4.33. The van der Waals surface area contributed by atoms with E-state index in [2.05, 4.69) is 4.74 Å². The van der Waals surface area contributed by atoms with Gasteiger partial charge in [-0.15, -0.1) is 0 Å². The molecule has 1 aromatic rings. The number of halogens is 3. The molecule has 2 N–H and O–H groups in total. The van der Waals surface area contributed by atoms with Crippen molar-refractivity contribution in [2.45, 2.75) is 13.1 Å². The Kier molecular flexibility index (Phi) is 3.11. The fraction of sp³-hybridized carbons (Fsp3) is 0.300. The summed E-state index contributed by atoms with van der Waals surface area (Å²) in [5, 5.41) is 0. The molecule has 1 rings (SSSR count). The first-order chi connectivity index (χ1) is 7.27. The van der Waals surface area contributed by atoms with Crippen molar-refractivity contribution in [3.63, 3.8) is 0 Å². The summed E-state index contributed by atoms with van der Waals surface area (Å²) in [5.74, 6) is -1.02. The molecule has 0 fully saturated rings. The Morgan fingerprint density at radius 3 is 2.31 bits per heavy atom. The van der Waals surface area contributed by atoms with E-state index >= 15 is 0 Å². The highest BCUT2D eigenvalue weighted by molar-refractivity contribution is 5.98. The predicted molar refractivity (Wildman–Crippen MR) is 52.4 cm³/mol. The zero-order valence-electron chi connectivity index (χ0n) is 8.68. The number of nitrogen functional groups attached to an aromatic ring is 1. The fourth-order valence-corrected chi connectivity index (χ4v) is 1.34. The molecule has 0 unspecified atom stereocenters. The molecule has 0 bridgehead atoms. The van der Waals surface area contributed by atoms with Crippen LogP contribution in [0.25, 0.3) is 0 Å². The minimum Gasteiger partial charge on any atom is -0.495 e. The van der Waals surface area contributed by atoms with Gasteiger partial charge in [-0.3, -0.25) is 4.79 Å². The lowest BCUT2D eigenvalue weighted by atomic mass is 10.0. The van der Waals surface area contributed by atoms with E-state index in [0.717, 1.165) is 26.2 Å². The van der Waals surface area contributed by atoms with Gasteiger partial charge in [0.1, 0.15) is 11.3 Å². The van der Waals surface area contributed by atoms with Crippen LogP contribution in [0.4, 0.5) is 18.9 Å². The van der Waals surface area contributed by atoms with Gasteiger partial charge in [0.25, 0.3) is 0 Å². The molecule has 16 heavy (non-hydrogen) atoms. The Hall–Kier alpha value is -1.72. The molecule has 0 heterocycles. The van der Waals surface area contributed by atoms with Crippen LogP contribution >= 0.6 is 0 Å². The number of ether oxygens (including phenoxy) is 1. The standard InChI is InChI=1S/C10H10F3NO2/c1-5(15)7-3-6(14)4-8(9(7)16-2)10(11,12)13/h3-4H,14H2,1-2H3. The van der Waals surface area contributed by atoms with Crippen molar-refractivity contribution < 1.29 is 22.7 Å². The van der Waals surface area contributed by atoms with E-state index in [0.29, 0.717) is 0 Å². The summed E-state index contributed by atoms with van der Waals surface area (Å²) in [6.45, 7) is 1.15. The number of anilines is 1. The number of nitrogens with two attached hydrogens (primary N) is 1. The molecular formula is C10H10F3NO2. The van der Waals surface area contributed by atoms with Crippen LogP contribution in [-0.2, 0) is 6.18 Å². The average Bonchev–Trinajstić information content (AvgIpc) is 2.14. The van der Waals surface area contributed by atoms with Crippen LogP contribution in [0.15, 0.2) is 12.1 Å². The van der Waals surface area contributed by atoms with E-state index in [1.54, 1.807) is 0 Å². The molecule has 0 aliphatic heterocycles. The third kappa shape index (κ3) is 2.26. The molecule has 6 heteroatoms. The zero-order chi connectivity index (χ0) is 12.5. The number of methoxy groups -OCH3 is 1. The summed E-state index contributed by atoms with van der Waals surface area (Å²) >= 11 is 0. The number of carbonyl (C=O) groups excluding carboxylic acids is 1. The van der Waals surface area contributed by atoms with Gasteiger partial charge in [0.05, 0.1) is 12.7 Å². The summed E-state index contributed by atoms with van der Waals surface area (Å²) in [4.78, 5) is 11.2. The number of rotatable bonds is 2. The van der Waals surface area contributed by atoms with Gasteiger partial charge in [-0.05, 0) is 19.1 Å². The zero-order valence-corrected chi connectivity index (χ0v) is 8.68. The average molecular weight is 233 g/mol. The number of hydrogen-bond acceptors (Lipinski definition) is 3. The molecule has 0 aliphatic carbocycles. The van der Waals surface area contributed by atoms with E-state index in [1.807, 2.05) is 0 Å². The molecule has 3 nitrogen and oxygen atoms in total. The van der Waals surface area contributed by atoms with Crippen LogP contribution in [0.1, 0.15) is 22.8 Å². The smallest absolute Gasteiger partial charge is 0.420 e. The normalized spacial score (nSPS) is 11.3. The van der Waals surface area contributed by atoms with Crippen molar-refractivity contribution in [3.8, 4) is 5.75 Å². The number of Topliss-reactive ketones (excluding diaryl/α,β-unsaturated/α-hetero) is 1. The van der Waals surface area contributed by atoms with E-state index in [9.17, 15) is 18.0 Å². The Morgan fingerprint density at radius 2 is 1.94 bits per heavy atom. The molecule has 0 saturated carbocycles. The highest BCUT2D eigenvalue weighted by atomic mass is 19.4. The lowest BCUT2D eigenvalue weighted by Crippen LogP contribution is -2.11. The van der Waals surface area contributed by atoms with Crippen LogP contribution in [0, 0.1) is 0 Å². The van der Waals surface area contributed by atoms with Gasteiger partial charge in [-0.1, -0.05) is 0 Å². The number of carbonyl (C=O) groups is 1. The van der Waals surface area contributed by atoms with E-state index in [1.165, 1.54) is 0 Å². The maximum Gasteiger partial charge on any atom is 0.420 e. The van der Waals surface area contributed by atoms with Crippen molar-refractivity contribution in [1.29, 1.82) is 0 Å². The lowest BCUT2D eigenvalue weighted by molar-refractivity contribution is -0.138. The molecule has 0 amide bonds. The number of benzene rings is 1. The maximum atomic E-state index is 12.6. The Balaban J connectivity index is 3.55. The van der Waals surface area contributed by atoms with E-state index < -0.39 is 23.3 Å². The van der Waals surface area contributed by atoms with Crippen LogP contribution in [-0.4, -0.2) is 12.9 Å². The second kappa shape index (κ2) is 4.03. The Morgan fingerprint density at radius 1 is 1.38 bits per heavy atom. The molecule has 0 spiro atoms. The number of alkyl halides is 3. The van der Waals surface area contributed by atoms with Gasteiger partial charge in [-0.2, -0.15) is 13.2 Å². The van der Waals surface area contributed by atoms with E-state index in [-0.39, 0.29) is 11.3 Å².